The molecule has 0 unspecified atom stereocenters. The molecule has 148 valence electrons. The SMILES string of the molecule is COC(=O)C[C@@H](C(=O)OC)[C@@H](NC(=O)[C@@H](OC)c1ccccc1)C(=O)OC. The molecule has 0 aromatic heterocycles. The highest BCUT2D eigenvalue weighted by atomic mass is 16.5. The van der Waals surface area contributed by atoms with Gasteiger partial charge >= 0.3 is 17.9 Å². The fourth-order valence-electron chi connectivity index (χ4n) is 2.45. The molecule has 0 aliphatic heterocycles. The minimum Gasteiger partial charge on any atom is -0.469 e. The number of nitrogens with one attached hydrogen (secondary N) is 1. The van der Waals surface area contributed by atoms with E-state index >= 15 is 0 Å². The van der Waals surface area contributed by atoms with Gasteiger partial charge in [0.15, 0.2) is 6.10 Å². The first-order valence-electron chi connectivity index (χ1n) is 8.00. The topological polar surface area (TPSA) is 117 Å². The van der Waals surface area contributed by atoms with Gasteiger partial charge in [-0.1, -0.05) is 30.3 Å². The molecule has 1 aromatic carbocycles. The summed E-state index contributed by atoms with van der Waals surface area (Å²) in [6, 6.07) is 7.10. The van der Waals surface area contributed by atoms with Gasteiger partial charge in [-0.25, -0.2) is 4.79 Å². The number of carbonyl (C=O) groups excluding carboxylic acids is 4. The zero-order chi connectivity index (χ0) is 20.4. The standard InChI is InChI=1S/C18H23NO8/c1-24-13(20)10-12(17(22)26-3)14(18(23)27-4)19-16(21)15(25-2)11-8-6-5-7-9-11/h5-9,12,14-15H,10H2,1-4H3,(H,19,21)/t12-,14-,15+/m1/s1. The van der Waals surface area contributed by atoms with Crippen molar-refractivity contribution in [1.82, 2.24) is 5.32 Å². The van der Waals surface area contributed by atoms with E-state index in [0.29, 0.717) is 5.56 Å². The maximum absolute atomic E-state index is 12.7. The number of methoxy groups -OCH3 is 4. The normalized spacial score (nSPS) is 13.6. The van der Waals surface area contributed by atoms with Crippen molar-refractivity contribution in [3.05, 3.63) is 35.9 Å². The third-order valence-electron chi connectivity index (χ3n) is 3.85. The van der Waals surface area contributed by atoms with E-state index in [1.807, 2.05) is 0 Å². The van der Waals surface area contributed by atoms with Gasteiger partial charge in [0.1, 0.15) is 6.04 Å². The number of amides is 1. The summed E-state index contributed by atoms with van der Waals surface area (Å²) in [7, 11) is 4.67. The molecule has 9 nitrogen and oxygen atoms in total. The molecule has 0 fully saturated rings. The average Bonchev–Trinajstić information content (AvgIpc) is 2.70. The summed E-state index contributed by atoms with van der Waals surface area (Å²) in [5, 5.41) is 2.41. The Morgan fingerprint density at radius 3 is 1.96 bits per heavy atom. The number of benzene rings is 1. The summed E-state index contributed by atoms with van der Waals surface area (Å²) in [6.07, 6.45) is -1.51. The van der Waals surface area contributed by atoms with Gasteiger partial charge in [-0.05, 0) is 5.56 Å². The monoisotopic (exact) mass is 381 g/mol. The maximum atomic E-state index is 12.7. The van der Waals surface area contributed by atoms with Crippen molar-refractivity contribution in [2.24, 2.45) is 5.92 Å². The van der Waals surface area contributed by atoms with E-state index in [9.17, 15) is 19.2 Å². The number of esters is 3. The largest absolute Gasteiger partial charge is 0.469 e. The first-order valence-corrected chi connectivity index (χ1v) is 8.00. The quantitative estimate of drug-likeness (QED) is 0.482. The lowest BCUT2D eigenvalue weighted by atomic mass is 9.95. The number of carbonyl (C=O) groups is 4. The summed E-state index contributed by atoms with van der Waals surface area (Å²) in [5.74, 6) is -4.54. The second-order valence-electron chi connectivity index (χ2n) is 5.45. The molecule has 1 N–H and O–H groups in total. The van der Waals surface area contributed by atoms with Crippen LogP contribution in [0.25, 0.3) is 0 Å². The van der Waals surface area contributed by atoms with Crippen LogP contribution in [0, 0.1) is 5.92 Å². The van der Waals surface area contributed by atoms with Crippen molar-refractivity contribution in [1.29, 1.82) is 0 Å². The Kier molecular flexibility index (Phi) is 8.94. The van der Waals surface area contributed by atoms with E-state index < -0.39 is 48.3 Å². The minimum atomic E-state index is -1.46. The maximum Gasteiger partial charge on any atom is 0.329 e. The summed E-state index contributed by atoms with van der Waals surface area (Å²) in [5.41, 5.74) is 0.545. The molecule has 3 atom stereocenters. The van der Waals surface area contributed by atoms with Gasteiger partial charge in [0.25, 0.3) is 5.91 Å². The predicted molar refractivity (Wildman–Crippen MR) is 92.3 cm³/mol. The highest BCUT2D eigenvalue weighted by Crippen LogP contribution is 2.19. The molecule has 0 aliphatic rings. The summed E-state index contributed by atoms with van der Waals surface area (Å²) >= 11 is 0. The van der Waals surface area contributed by atoms with E-state index in [0.717, 1.165) is 21.3 Å². The van der Waals surface area contributed by atoms with E-state index in [4.69, 9.17) is 4.74 Å². The molecule has 0 spiro atoms. The van der Waals surface area contributed by atoms with Crippen LogP contribution in [-0.4, -0.2) is 58.3 Å². The van der Waals surface area contributed by atoms with Gasteiger partial charge < -0.3 is 24.3 Å². The van der Waals surface area contributed by atoms with Crippen LogP contribution in [0.4, 0.5) is 0 Å². The van der Waals surface area contributed by atoms with E-state index in [2.05, 4.69) is 19.5 Å². The van der Waals surface area contributed by atoms with Crippen molar-refractivity contribution >= 4 is 23.8 Å². The van der Waals surface area contributed by atoms with Crippen LogP contribution in [0.15, 0.2) is 30.3 Å². The third kappa shape index (κ3) is 6.07. The van der Waals surface area contributed by atoms with Crippen LogP contribution in [0.1, 0.15) is 18.1 Å². The number of hydrogen-bond acceptors (Lipinski definition) is 8. The lowest BCUT2D eigenvalue weighted by molar-refractivity contribution is -0.160. The Bertz CT molecular complexity index is 661. The molecule has 0 aliphatic carbocycles. The molecule has 0 heterocycles. The molecule has 0 saturated heterocycles. The molecule has 27 heavy (non-hydrogen) atoms. The fraction of sp³-hybridized carbons (Fsp3) is 0.444. The van der Waals surface area contributed by atoms with Crippen molar-refractivity contribution < 1.29 is 38.1 Å². The second-order valence-corrected chi connectivity index (χ2v) is 5.45. The van der Waals surface area contributed by atoms with Crippen LogP contribution in [0.3, 0.4) is 0 Å². The Morgan fingerprint density at radius 2 is 1.48 bits per heavy atom. The zero-order valence-corrected chi connectivity index (χ0v) is 15.6. The Hall–Kier alpha value is -2.94. The molecule has 1 rings (SSSR count). The predicted octanol–water partition coefficient (Wildman–Crippen LogP) is 0.384. The van der Waals surface area contributed by atoms with Gasteiger partial charge in [-0.15, -0.1) is 0 Å². The lowest BCUT2D eigenvalue weighted by Crippen LogP contribution is -2.51. The van der Waals surface area contributed by atoms with Gasteiger partial charge in [-0.2, -0.15) is 0 Å². The lowest BCUT2D eigenvalue weighted by Gasteiger charge is -2.25. The average molecular weight is 381 g/mol. The van der Waals surface area contributed by atoms with Gasteiger partial charge in [0.2, 0.25) is 0 Å². The van der Waals surface area contributed by atoms with Crippen LogP contribution in [-0.2, 0) is 38.1 Å². The van der Waals surface area contributed by atoms with Crippen LogP contribution < -0.4 is 5.32 Å². The zero-order valence-electron chi connectivity index (χ0n) is 15.6. The van der Waals surface area contributed by atoms with E-state index in [1.165, 1.54) is 7.11 Å². The molecule has 1 aromatic rings. The molecule has 0 radical (unpaired) electrons. The second kappa shape index (κ2) is 10.9. The first kappa shape index (κ1) is 22.1. The first-order chi connectivity index (χ1) is 12.9. The summed E-state index contributed by atoms with van der Waals surface area (Å²) < 4.78 is 19.1. The summed E-state index contributed by atoms with van der Waals surface area (Å²) in [4.78, 5) is 48.6. The molecule has 1 amide bonds. The van der Waals surface area contributed by atoms with E-state index in [1.54, 1.807) is 30.3 Å². The fourth-order valence-corrected chi connectivity index (χ4v) is 2.45. The number of rotatable bonds is 9. The molecule has 9 heteroatoms. The van der Waals surface area contributed by atoms with Crippen molar-refractivity contribution in [2.45, 2.75) is 18.6 Å². The smallest absolute Gasteiger partial charge is 0.329 e. The van der Waals surface area contributed by atoms with Crippen molar-refractivity contribution in [2.75, 3.05) is 28.4 Å². The highest BCUT2D eigenvalue weighted by Gasteiger charge is 2.39. The van der Waals surface area contributed by atoms with Gasteiger partial charge in [0.05, 0.1) is 33.7 Å². The number of hydrogen-bond donors (Lipinski definition) is 1. The highest BCUT2D eigenvalue weighted by molar-refractivity contribution is 5.92. The van der Waals surface area contributed by atoms with Crippen LogP contribution in [0.5, 0.6) is 0 Å². The van der Waals surface area contributed by atoms with Crippen LogP contribution in [0.2, 0.25) is 0 Å². The number of ether oxygens (including phenoxy) is 4. The van der Waals surface area contributed by atoms with Crippen LogP contribution >= 0.6 is 0 Å². The minimum absolute atomic E-state index is 0.480. The Labute approximate surface area is 156 Å². The summed E-state index contributed by atoms with van der Waals surface area (Å²) in [6.45, 7) is 0. The van der Waals surface area contributed by atoms with Crippen molar-refractivity contribution in [3.8, 4) is 0 Å². The van der Waals surface area contributed by atoms with E-state index in [-0.39, 0.29) is 0 Å². The molecule has 0 saturated carbocycles. The molecular formula is C18H23NO8. The van der Waals surface area contributed by atoms with Crippen molar-refractivity contribution in [3.63, 3.8) is 0 Å². The van der Waals surface area contributed by atoms with Gasteiger partial charge in [0, 0.05) is 7.11 Å². The van der Waals surface area contributed by atoms with Gasteiger partial charge in [-0.3, -0.25) is 14.4 Å². The Morgan fingerprint density at radius 1 is 0.889 bits per heavy atom. The molecule has 0 bridgehead atoms. The molecular weight excluding hydrogens is 358 g/mol. The third-order valence-corrected chi connectivity index (χ3v) is 3.85. The Balaban J connectivity index is 3.13.